The monoisotopic (exact) mass is 455 g/mol. The van der Waals surface area contributed by atoms with E-state index in [2.05, 4.69) is 70.4 Å². The number of fused-ring (bicyclic) bond motifs is 5. The average molecular weight is 456 g/mol. The highest BCUT2D eigenvalue weighted by Crippen LogP contribution is 2.36. The van der Waals surface area contributed by atoms with Gasteiger partial charge < -0.3 is 14.4 Å². The van der Waals surface area contributed by atoms with E-state index in [1.165, 1.54) is 29.1 Å². The van der Waals surface area contributed by atoms with Gasteiger partial charge in [-0.2, -0.15) is 0 Å². The lowest BCUT2D eigenvalue weighted by atomic mass is 9.98. The standard InChI is InChI=1S/C28H30FN5/c1-19-14-32(18-23(19)15-31(2)3)25-8-9-26-22(12-25)17-33-16-21(20-4-6-24(29)7-5-20)13-27(33)28-30-10-11-34(26)28/h4-13,16,19,23H,14-15,17-18H2,1-3H3/t19-,23+/m1/s1. The smallest absolute Gasteiger partial charge is 0.161 e. The van der Waals surface area contributed by atoms with Crippen molar-refractivity contribution < 1.29 is 4.39 Å². The van der Waals surface area contributed by atoms with Crippen molar-refractivity contribution >= 4 is 5.69 Å². The van der Waals surface area contributed by atoms with Crippen molar-refractivity contribution in [1.29, 1.82) is 0 Å². The van der Waals surface area contributed by atoms with Crippen LogP contribution in [0.5, 0.6) is 0 Å². The minimum Gasteiger partial charge on any atom is -0.371 e. The number of nitrogens with zero attached hydrogens (tertiary/aromatic N) is 5. The maximum atomic E-state index is 13.5. The van der Waals surface area contributed by atoms with Crippen molar-refractivity contribution in [1.82, 2.24) is 19.0 Å². The van der Waals surface area contributed by atoms with E-state index in [9.17, 15) is 4.39 Å². The van der Waals surface area contributed by atoms with Crippen LogP contribution in [0.1, 0.15) is 12.5 Å². The van der Waals surface area contributed by atoms with Gasteiger partial charge in [-0.25, -0.2) is 9.37 Å². The molecule has 0 N–H and O–H groups in total. The van der Waals surface area contributed by atoms with Crippen LogP contribution in [-0.4, -0.2) is 52.7 Å². The third-order valence-electron chi connectivity index (χ3n) is 7.34. The predicted molar refractivity (Wildman–Crippen MR) is 135 cm³/mol. The summed E-state index contributed by atoms with van der Waals surface area (Å²) >= 11 is 0. The number of anilines is 1. The first-order valence-electron chi connectivity index (χ1n) is 12.0. The first-order chi connectivity index (χ1) is 16.5. The fourth-order valence-corrected chi connectivity index (χ4v) is 5.58. The molecule has 2 atom stereocenters. The first kappa shape index (κ1) is 21.2. The fourth-order valence-electron chi connectivity index (χ4n) is 5.58. The molecule has 0 saturated carbocycles. The summed E-state index contributed by atoms with van der Waals surface area (Å²) in [4.78, 5) is 9.53. The zero-order valence-electron chi connectivity index (χ0n) is 19.9. The van der Waals surface area contributed by atoms with Crippen LogP contribution in [0.15, 0.2) is 67.1 Å². The van der Waals surface area contributed by atoms with Gasteiger partial charge in [0.1, 0.15) is 5.82 Å². The van der Waals surface area contributed by atoms with E-state index in [0.717, 1.165) is 48.8 Å². The Labute approximate surface area is 200 Å². The molecule has 1 saturated heterocycles. The van der Waals surface area contributed by atoms with E-state index in [4.69, 9.17) is 4.98 Å². The van der Waals surface area contributed by atoms with Gasteiger partial charge >= 0.3 is 0 Å². The molecule has 4 aromatic rings. The third kappa shape index (κ3) is 3.62. The van der Waals surface area contributed by atoms with E-state index in [0.29, 0.717) is 11.8 Å². The van der Waals surface area contributed by atoms with E-state index >= 15 is 0 Å². The minimum atomic E-state index is -0.217. The normalized spacial score (nSPS) is 19.1. The van der Waals surface area contributed by atoms with Gasteiger partial charge in [0, 0.05) is 56.0 Å². The molecule has 174 valence electrons. The molecular weight excluding hydrogens is 425 g/mol. The highest BCUT2D eigenvalue weighted by atomic mass is 19.1. The van der Waals surface area contributed by atoms with Gasteiger partial charge in [0.25, 0.3) is 0 Å². The summed E-state index contributed by atoms with van der Waals surface area (Å²) in [6, 6.07) is 15.7. The van der Waals surface area contributed by atoms with E-state index < -0.39 is 0 Å². The van der Waals surface area contributed by atoms with Gasteiger partial charge in [-0.1, -0.05) is 19.1 Å². The lowest BCUT2D eigenvalue weighted by Gasteiger charge is -2.22. The van der Waals surface area contributed by atoms with Crippen LogP contribution >= 0.6 is 0 Å². The van der Waals surface area contributed by atoms with Gasteiger partial charge in [-0.05, 0) is 73.5 Å². The van der Waals surface area contributed by atoms with Gasteiger partial charge in [0.2, 0.25) is 0 Å². The molecule has 2 aromatic carbocycles. The molecule has 6 rings (SSSR count). The first-order valence-corrected chi connectivity index (χ1v) is 12.0. The Balaban J connectivity index is 1.37. The van der Waals surface area contributed by atoms with Crippen LogP contribution in [-0.2, 0) is 6.54 Å². The SMILES string of the molecule is C[C@@H]1CN(c2ccc3c(c2)Cn2cc(-c4ccc(F)cc4)cc2-c2nccn2-3)C[C@@H]1CN(C)C. The number of hydrogen-bond acceptors (Lipinski definition) is 3. The van der Waals surface area contributed by atoms with Gasteiger partial charge in [-0.3, -0.25) is 4.57 Å². The number of rotatable bonds is 4. The van der Waals surface area contributed by atoms with Crippen molar-refractivity contribution in [3.63, 3.8) is 0 Å². The Morgan fingerprint density at radius 2 is 1.85 bits per heavy atom. The predicted octanol–water partition coefficient (Wildman–Crippen LogP) is 5.14. The number of imidazole rings is 1. The summed E-state index contributed by atoms with van der Waals surface area (Å²) in [5, 5.41) is 0. The number of aromatic nitrogens is 3. The lowest BCUT2D eigenvalue weighted by Crippen LogP contribution is -2.27. The van der Waals surface area contributed by atoms with Crippen LogP contribution in [0.3, 0.4) is 0 Å². The largest absolute Gasteiger partial charge is 0.371 e. The molecule has 0 spiro atoms. The molecule has 2 aliphatic heterocycles. The van der Waals surface area contributed by atoms with Gasteiger partial charge in [-0.15, -0.1) is 0 Å². The second-order valence-electron chi connectivity index (χ2n) is 10.1. The highest BCUT2D eigenvalue weighted by molar-refractivity contribution is 5.72. The molecular formula is C28H30FN5. The molecule has 0 aliphatic carbocycles. The van der Waals surface area contributed by atoms with Crippen LogP contribution in [0.4, 0.5) is 10.1 Å². The summed E-state index contributed by atoms with van der Waals surface area (Å²) in [6.07, 6.45) is 6.06. The number of hydrogen-bond donors (Lipinski definition) is 0. The van der Waals surface area contributed by atoms with Crippen LogP contribution in [0.2, 0.25) is 0 Å². The fraction of sp³-hybridized carbons (Fsp3) is 0.321. The molecule has 0 unspecified atom stereocenters. The molecule has 1 fully saturated rings. The zero-order valence-corrected chi connectivity index (χ0v) is 19.9. The minimum absolute atomic E-state index is 0.217. The van der Waals surface area contributed by atoms with Crippen molar-refractivity contribution in [3.8, 4) is 28.3 Å². The van der Waals surface area contributed by atoms with Gasteiger partial charge in [0.15, 0.2) is 5.82 Å². The molecule has 0 radical (unpaired) electrons. The van der Waals surface area contributed by atoms with Gasteiger partial charge in [0.05, 0.1) is 11.4 Å². The molecule has 4 heterocycles. The summed E-state index contributed by atoms with van der Waals surface area (Å²) < 4.78 is 17.9. The Morgan fingerprint density at radius 3 is 2.65 bits per heavy atom. The second-order valence-corrected chi connectivity index (χ2v) is 10.1. The molecule has 2 aromatic heterocycles. The van der Waals surface area contributed by atoms with Crippen molar-refractivity contribution in [2.24, 2.45) is 11.8 Å². The summed E-state index contributed by atoms with van der Waals surface area (Å²) in [5.74, 6) is 2.07. The second kappa shape index (κ2) is 8.13. The molecule has 0 bridgehead atoms. The highest BCUT2D eigenvalue weighted by Gasteiger charge is 2.30. The van der Waals surface area contributed by atoms with E-state index in [-0.39, 0.29) is 5.82 Å². The van der Waals surface area contributed by atoms with E-state index in [1.54, 1.807) is 0 Å². The Hall–Kier alpha value is -3.38. The van der Waals surface area contributed by atoms with Crippen LogP contribution < -0.4 is 4.90 Å². The molecule has 2 aliphatic rings. The lowest BCUT2D eigenvalue weighted by molar-refractivity contribution is 0.301. The molecule has 6 heteroatoms. The van der Waals surface area contributed by atoms with Crippen molar-refractivity contribution in [2.45, 2.75) is 13.5 Å². The van der Waals surface area contributed by atoms with Crippen molar-refractivity contribution in [2.75, 3.05) is 38.6 Å². The molecule has 5 nitrogen and oxygen atoms in total. The summed E-state index contributed by atoms with van der Waals surface area (Å²) in [5.41, 5.74) is 6.91. The van der Waals surface area contributed by atoms with E-state index in [1.807, 2.05) is 24.5 Å². The Bertz CT molecular complexity index is 1330. The summed E-state index contributed by atoms with van der Waals surface area (Å²) in [6.45, 7) is 6.46. The van der Waals surface area contributed by atoms with Crippen molar-refractivity contribution in [3.05, 3.63) is 78.5 Å². The topological polar surface area (TPSA) is 29.2 Å². The number of halogens is 1. The Morgan fingerprint density at radius 1 is 1.03 bits per heavy atom. The average Bonchev–Trinajstić information content (AvgIpc) is 3.52. The molecule has 0 amide bonds. The maximum Gasteiger partial charge on any atom is 0.161 e. The van der Waals surface area contributed by atoms with Crippen LogP contribution in [0.25, 0.3) is 28.3 Å². The third-order valence-corrected chi connectivity index (χ3v) is 7.34. The Kier molecular flexibility index (Phi) is 5.06. The quantitative estimate of drug-likeness (QED) is 0.376. The number of benzene rings is 2. The van der Waals surface area contributed by atoms with Crippen LogP contribution in [0, 0.1) is 17.7 Å². The summed E-state index contributed by atoms with van der Waals surface area (Å²) in [7, 11) is 4.32. The zero-order chi connectivity index (χ0) is 23.4. The maximum absolute atomic E-state index is 13.5. The molecule has 34 heavy (non-hydrogen) atoms.